The Hall–Kier alpha value is -2.47. The summed E-state index contributed by atoms with van der Waals surface area (Å²) in [5, 5.41) is 2.70. The van der Waals surface area contributed by atoms with Gasteiger partial charge in [0.15, 0.2) is 0 Å². The number of para-hydroxylation sites is 1. The van der Waals surface area contributed by atoms with Gasteiger partial charge in [0.25, 0.3) is 5.56 Å². The average molecular weight is 353 g/mol. The van der Waals surface area contributed by atoms with Gasteiger partial charge in [0.2, 0.25) is 5.91 Å². The van der Waals surface area contributed by atoms with Crippen molar-refractivity contribution in [3.8, 4) is 0 Å². The minimum atomic E-state index is -0.118. The number of aryl methyl sites for hydroxylation is 1. The summed E-state index contributed by atoms with van der Waals surface area (Å²) in [6.45, 7) is 1.53. The van der Waals surface area contributed by atoms with Gasteiger partial charge in [-0.25, -0.2) is 4.98 Å². The number of nitrogens with one attached hydrogen (secondary N) is 1. The van der Waals surface area contributed by atoms with Crippen LogP contribution in [0.1, 0.15) is 29.1 Å². The second kappa shape index (κ2) is 6.80. The minimum Gasteiger partial charge on any atom is -0.338 e. The van der Waals surface area contributed by atoms with Crippen molar-refractivity contribution in [1.82, 2.24) is 14.9 Å². The van der Waals surface area contributed by atoms with Gasteiger partial charge in [-0.15, -0.1) is 11.3 Å². The molecule has 0 radical (unpaired) electrons. The highest BCUT2D eigenvalue weighted by molar-refractivity contribution is 7.10. The fourth-order valence-corrected chi connectivity index (χ4v) is 4.17. The lowest BCUT2D eigenvalue weighted by molar-refractivity contribution is -0.132. The highest BCUT2D eigenvalue weighted by Crippen LogP contribution is 2.24. The molecule has 3 aromatic rings. The molecule has 0 fully saturated rings. The molecule has 1 aliphatic heterocycles. The Morgan fingerprint density at radius 2 is 2.16 bits per heavy atom. The van der Waals surface area contributed by atoms with Crippen LogP contribution < -0.4 is 5.56 Å². The number of thiophene rings is 1. The smallest absolute Gasteiger partial charge is 0.258 e. The number of rotatable bonds is 4. The van der Waals surface area contributed by atoms with Crippen LogP contribution in [-0.4, -0.2) is 27.3 Å². The molecule has 0 saturated carbocycles. The SMILES string of the molecule is O=C(CCCc1nc2ccccc2c(=O)[nH]1)N1CCc2sccc2C1. The molecule has 1 amide bonds. The number of benzene rings is 1. The first kappa shape index (κ1) is 16.0. The molecule has 0 atom stereocenters. The van der Waals surface area contributed by atoms with Crippen molar-refractivity contribution < 1.29 is 4.79 Å². The molecule has 0 saturated heterocycles. The lowest BCUT2D eigenvalue weighted by Gasteiger charge is -2.27. The number of fused-ring (bicyclic) bond motifs is 2. The van der Waals surface area contributed by atoms with Gasteiger partial charge in [0.1, 0.15) is 5.82 Å². The van der Waals surface area contributed by atoms with Gasteiger partial charge in [-0.1, -0.05) is 12.1 Å². The van der Waals surface area contributed by atoms with Gasteiger partial charge >= 0.3 is 0 Å². The van der Waals surface area contributed by atoms with E-state index in [0.29, 0.717) is 36.0 Å². The molecular weight excluding hydrogens is 334 g/mol. The molecule has 0 aliphatic carbocycles. The van der Waals surface area contributed by atoms with Crippen LogP contribution in [-0.2, 0) is 24.2 Å². The third kappa shape index (κ3) is 3.35. The van der Waals surface area contributed by atoms with Crippen LogP contribution >= 0.6 is 11.3 Å². The maximum Gasteiger partial charge on any atom is 0.258 e. The molecule has 0 spiro atoms. The number of aromatic nitrogens is 2. The van der Waals surface area contributed by atoms with Crippen LogP contribution in [0.15, 0.2) is 40.5 Å². The van der Waals surface area contributed by atoms with E-state index in [-0.39, 0.29) is 11.5 Å². The summed E-state index contributed by atoms with van der Waals surface area (Å²) in [7, 11) is 0. The predicted octanol–water partition coefficient (Wildman–Crippen LogP) is 2.89. The quantitative estimate of drug-likeness (QED) is 0.784. The normalized spacial score (nSPS) is 13.8. The Bertz CT molecular complexity index is 976. The summed E-state index contributed by atoms with van der Waals surface area (Å²) >= 11 is 1.78. The summed E-state index contributed by atoms with van der Waals surface area (Å²) in [5.74, 6) is 0.829. The van der Waals surface area contributed by atoms with E-state index in [1.165, 1.54) is 10.4 Å². The first-order valence-electron chi connectivity index (χ1n) is 8.51. The molecule has 0 bridgehead atoms. The maximum atomic E-state index is 12.4. The number of nitrogens with zero attached hydrogens (tertiary/aromatic N) is 2. The Balaban J connectivity index is 1.36. The summed E-state index contributed by atoms with van der Waals surface area (Å²) in [6, 6.07) is 9.42. The number of hydrogen-bond donors (Lipinski definition) is 1. The van der Waals surface area contributed by atoms with Crippen LogP contribution in [0, 0.1) is 0 Å². The molecule has 0 unspecified atom stereocenters. The van der Waals surface area contributed by atoms with Crippen molar-refractivity contribution in [3.05, 3.63) is 62.3 Å². The van der Waals surface area contributed by atoms with E-state index in [0.717, 1.165) is 19.5 Å². The molecule has 4 rings (SSSR count). The molecule has 6 heteroatoms. The summed E-state index contributed by atoms with van der Waals surface area (Å²) < 4.78 is 0. The monoisotopic (exact) mass is 353 g/mol. The van der Waals surface area contributed by atoms with Crippen molar-refractivity contribution in [3.63, 3.8) is 0 Å². The topological polar surface area (TPSA) is 66.1 Å². The minimum absolute atomic E-state index is 0.118. The first-order valence-corrected chi connectivity index (χ1v) is 9.39. The fraction of sp³-hybridized carbons (Fsp3) is 0.316. The van der Waals surface area contributed by atoms with E-state index in [1.54, 1.807) is 17.4 Å². The van der Waals surface area contributed by atoms with Gasteiger partial charge in [-0.3, -0.25) is 9.59 Å². The van der Waals surface area contributed by atoms with Crippen LogP contribution in [0.25, 0.3) is 10.9 Å². The van der Waals surface area contributed by atoms with Crippen molar-refractivity contribution in [2.24, 2.45) is 0 Å². The second-order valence-corrected chi connectivity index (χ2v) is 7.32. The van der Waals surface area contributed by atoms with Gasteiger partial charge in [-0.2, -0.15) is 0 Å². The highest BCUT2D eigenvalue weighted by atomic mass is 32.1. The maximum absolute atomic E-state index is 12.4. The molecular formula is C19H19N3O2S. The number of aromatic amines is 1. The van der Waals surface area contributed by atoms with Crippen molar-refractivity contribution >= 4 is 28.1 Å². The number of amides is 1. The van der Waals surface area contributed by atoms with E-state index in [4.69, 9.17) is 0 Å². The number of carbonyl (C=O) groups is 1. The Kier molecular flexibility index (Phi) is 4.36. The van der Waals surface area contributed by atoms with Crippen LogP contribution in [0.2, 0.25) is 0 Å². The molecule has 1 aliphatic rings. The highest BCUT2D eigenvalue weighted by Gasteiger charge is 2.21. The largest absolute Gasteiger partial charge is 0.338 e. The first-order chi connectivity index (χ1) is 12.2. The average Bonchev–Trinajstić information content (AvgIpc) is 3.09. The molecule has 2 aromatic heterocycles. The third-order valence-corrected chi connectivity index (χ3v) is 5.65. The number of hydrogen-bond acceptors (Lipinski definition) is 4. The third-order valence-electron chi connectivity index (χ3n) is 4.63. The molecule has 25 heavy (non-hydrogen) atoms. The van der Waals surface area contributed by atoms with Gasteiger partial charge < -0.3 is 9.88 Å². The number of H-pyrrole nitrogens is 1. The van der Waals surface area contributed by atoms with Crippen molar-refractivity contribution in [2.45, 2.75) is 32.2 Å². The standard InChI is InChI=1S/C19H19N3O2S/c23-18(22-10-8-16-13(12-22)9-11-25-16)7-3-6-17-20-15-5-2-1-4-14(15)19(24)21-17/h1-2,4-5,9,11H,3,6-8,10,12H2,(H,20,21,24). The Morgan fingerprint density at radius 1 is 1.28 bits per heavy atom. The van der Waals surface area contributed by atoms with Crippen LogP contribution in [0.3, 0.4) is 0 Å². The van der Waals surface area contributed by atoms with Gasteiger partial charge in [0, 0.05) is 30.8 Å². The number of carbonyl (C=O) groups excluding carboxylic acids is 1. The predicted molar refractivity (Wildman–Crippen MR) is 98.7 cm³/mol. The molecule has 5 nitrogen and oxygen atoms in total. The van der Waals surface area contributed by atoms with E-state index in [9.17, 15) is 9.59 Å². The van der Waals surface area contributed by atoms with Crippen LogP contribution in [0.4, 0.5) is 0 Å². The second-order valence-electron chi connectivity index (χ2n) is 6.32. The summed E-state index contributed by atoms with van der Waals surface area (Å²) in [6.07, 6.45) is 2.73. The summed E-state index contributed by atoms with van der Waals surface area (Å²) in [5.41, 5.74) is 1.87. The van der Waals surface area contributed by atoms with Crippen molar-refractivity contribution in [2.75, 3.05) is 6.54 Å². The van der Waals surface area contributed by atoms with E-state index < -0.39 is 0 Å². The Labute approximate surface area is 149 Å². The van der Waals surface area contributed by atoms with Crippen molar-refractivity contribution in [1.29, 1.82) is 0 Å². The van der Waals surface area contributed by atoms with E-state index in [2.05, 4.69) is 21.4 Å². The zero-order chi connectivity index (χ0) is 17.2. The van der Waals surface area contributed by atoms with Gasteiger partial charge in [-0.05, 0) is 42.0 Å². The molecule has 128 valence electrons. The Morgan fingerprint density at radius 3 is 3.08 bits per heavy atom. The zero-order valence-electron chi connectivity index (χ0n) is 13.8. The lowest BCUT2D eigenvalue weighted by atomic mass is 10.1. The molecule has 1 N–H and O–H groups in total. The van der Waals surface area contributed by atoms with Gasteiger partial charge in [0.05, 0.1) is 10.9 Å². The fourth-order valence-electron chi connectivity index (χ4n) is 3.28. The summed E-state index contributed by atoms with van der Waals surface area (Å²) in [4.78, 5) is 35.2. The zero-order valence-corrected chi connectivity index (χ0v) is 14.6. The molecule has 1 aromatic carbocycles. The van der Waals surface area contributed by atoms with Crippen LogP contribution in [0.5, 0.6) is 0 Å². The van der Waals surface area contributed by atoms with E-state index in [1.807, 2.05) is 23.1 Å². The molecule has 3 heterocycles. The lowest BCUT2D eigenvalue weighted by Crippen LogP contribution is -2.35. The van der Waals surface area contributed by atoms with E-state index >= 15 is 0 Å².